The average molecular weight is 298 g/mol. The lowest BCUT2D eigenvalue weighted by molar-refractivity contribution is -0.132. The molecule has 0 bridgehead atoms. The lowest BCUT2D eigenvalue weighted by Crippen LogP contribution is -2.34. The summed E-state index contributed by atoms with van der Waals surface area (Å²) in [5.74, 6) is 0.796. The molecule has 1 aromatic carbocycles. The lowest BCUT2D eigenvalue weighted by Gasteiger charge is -2.24. The van der Waals surface area contributed by atoms with Crippen molar-refractivity contribution in [3.8, 4) is 0 Å². The van der Waals surface area contributed by atoms with E-state index in [9.17, 15) is 9.59 Å². The van der Waals surface area contributed by atoms with Crippen LogP contribution in [-0.4, -0.2) is 36.3 Å². The number of benzene rings is 1. The Morgan fingerprint density at radius 1 is 1.27 bits per heavy atom. The van der Waals surface area contributed by atoms with Crippen molar-refractivity contribution in [3.63, 3.8) is 0 Å². The smallest absolute Gasteiger partial charge is 0.227 e. The highest BCUT2D eigenvalue weighted by molar-refractivity contribution is 5.96. The fourth-order valence-electron chi connectivity index (χ4n) is 3.91. The van der Waals surface area contributed by atoms with Crippen LogP contribution in [0.3, 0.4) is 0 Å². The van der Waals surface area contributed by atoms with Crippen LogP contribution in [0.5, 0.6) is 0 Å². The van der Waals surface area contributed by atoms with Crippen molar-refractivity contribution in [1.29, 1.82) is 0 Å². The van der Waals surface area contributed by atoms with Gasteiger partial charge in [-0.05, 0) is 43.9 Å². The molecule has 1 spiro atoms. The predicted octanol–water partition coefficient (Wildman–Crippen LogP) is 2.36. The van der Waals surface area contributed by atoms with Crippen molar-refractivity contribution in [1.82, 2.24) is 4.90 Å². The molecule has 4 nitrogen and oxygen atoms in total. The maximum absolute atomic E-state index is 12.5. The van der Waals surface area contributed by atoms with Gasteiger partial charge in [-0.1, -0.05) is 12.1 Å². The van der Waals surface area contributed by atoms with Gasteiger partial charge in [0, 0.05) is 43.1 Å². The lowest BCUT2D eigenvalue weighted by atomic mass is 9.86. The maximum Gasteiger partial charge on any atom is 0.227 e. The average Bonchev–Trinajstić information content (AvgIpc) is 3.19. The SMILES string of the molecule is Cc1cccc(N2C[C@]3(CCN(C(=O)C4CC4)C3)CC2=O)c1. The number of hydrogen-bond acceptors (Lipinski definition) is 2. The minimum absolute atomic E-state index is 0.0224. The van der Waals surface area contributed by atoms with E-state index in [1.807, 2.05) is 34.9 Å². The Hall–Kier alpha value is -1.84. The summed E-state index contributed by atoms with van der Waals surface area (Å²) in [4.78, 5) is 28.7. The topological polar surface area (TPSA) is 40.6 Å². The number of aryl methyl sites for hydroxylation is 1. The van der Waals surface area contributed by atoms with Gasteiger partial charge in [-0.15, -0.1) is 0 Å². The molecule has 0 aromatic heterocycles. The van der Waals surface area contributed by atoms with E-state index in [-0.39, 0.29) is 17.2 Å². The van der Waals surface area contributed by atoms with Crippen LogP contribution in [0.15, 0.2) is 24.3 Å². The van der Waals surface area contributed by atoms with Crippen molar-refractivity contribution in [2.75, 3.05) is 24.5 Å². The zero-order valence-corrected chi connectivity index (χ0v) is 13.0. The summed E-state index contributed by atoms with van der Waals surface area (Å²) in [5.41, 5.74) is 2.14. The Morgan fingerprint density at radius 3 is 2.82 bits per heavy atom. The van der Waals surface area contributed by atoms with Crippen molar-refractivity contribution in [2.45, 2.75) is 32.6 Å². The summed E-state index contributed by atoms with van der Waals surface area (Å²) in [6.45, 7) is 4.38. The second-order valence-electron chi connectivity index (χ2n) is 7.28. The van der Waals surface area contributed by atoms with E-state index in [1.165, 1.54) is 5.56 Å². The van der Waals surface area contributed by atoms with E-state index >= 15 is 0 Å². The van der Waals surface area contributed by atoms with Gasteiger partial charge in [0.2, 0.25) is 11.8 Å². The molecule has 1 aromatic rings. The Bertz CT molecular complexity index is 638. The van der Waals surface area contributed by atoms with E-state index < -0.39 is 0 Å². The molecule has 22 heavy (non-hydrogen) atoms. The molecule has 3 aliphatic rings. The van der Waals surface area contributed by atoms with Crippen LogP contribution in [0.4, 0.5) is 5.69 Å². The number of anilines is 1. The Morgan fingerprint density at radius 2 is 2.09 bits per heavy atom. The van der Waals surface area contributed by atoms with E-state index in [1.54, 1.807) is 0 Å². The van der Waals surface area contributed by atoms with Crippen LogP contribution in [0.25, 0.3) is 0 Å². The molecule has 0 radical (unpaired) electrons. The van der Waals surface area contributed by atoms with Crippen LogP contribution < -0.4 is 4.90 Å². The van der Waals surface area contributed by atoms with Gasteiger partial charge in [0.25, 0.3) is 0 Å². The second-order valence-corrected chi connectivity index (χ2v) is 7.28. The summed E-state index contributed by atoms with van der Waals surface area (Å²) >= 11 is 0. The second kappa shape index (κ2) is 4.83. The van der Waals surface area contributed by atoms with Crippen molar-refractivity contribution < 1.29 is 9.59 Å². The molecule has 1 atom stereocenters. The number of likely N-dealkylation sites (tertiary alicyclic amines) is 1. The van der Waals surface area contributed by atoms with Gasteiger partial charge in [-0.3, -0.25) is 9.59 Å². The highest BCUT2D eigenvalue weighted by atomic mass is 16.2. The summed E-state index contributed by atoms with van der Waals surface area (Å²) in [5, 5.41) is 0. The molecule has 2 heterocycles. The van der Waals surface area contributed by atoms with Gasteiger partial charge in [0.1, 0.15) is 0 Å². The molecule has 2 aliphatic heterocycles. The van der Waals surface area contributed by atoms with Crippen molar-refractivity contribution >= 4 is 17.5 Å². The van der Waals surface area contributed by atoms with E-state index in [0.29, 0.717) is 12.3 Å². The van der Waals surface area contributed by atoms with E-state index in [4.69, 9.17) is 0 Å². The molecular formula is C18H22N2O2. The number of hydrogen-bond donors (Lipinski definition) is 0. The predicted molar refractivity (Wildman–Crippen MR) is 84.5 cm³/mol. The molecule has 0 unspecified atom stereocenters. The van der Waals surface area contributed by atoms with Gasteiger partial charge < -0.3 is 9.80 Å². The first-order chi connectivity index (χ1) is 10.6. The molecule has 4 rings (SSSR count). The molecular weight excluding hydrogens is 276 g/mol. The number of rotatable bonds is 2. The Labute approximate surface area is 131 Å². The van der Waals surface area contributed by atoms with Crippen LogP contribution in [0.2, 0.25) is 0 Å². The normalized spacial score (nSPS) is 28.0. The number of amides is 2. The Balaban J connectivity index is 1.51. The van der Waals surface area contributed by atoms with Gasteiger partial charge in [0.05, 0.1) is 0 Å². The fraction of sp³-hybridized carbons (Fsp3) is 0.556. The van der Waals surface area contributed by atoms with E-state index in [2.05, 4.69) is 6.07 Å². The van der Waals surface area contributed by atoms with Crippen LogP contribution in [-0.2, 0) is 9.59 Å². The maximum atomic E-state index is 12.5. The van der Waals surface area contributed by atoms with Gasteiger partial charge in [0.15, 0.2) is 0 Å². The van der Waals surface area contributed by atoms with Crippen LogP contribution in [0.1, 0.15) is 31.2 Å². The summed E-state index contributed by atoms with van der Waals surface area (Å²) in [6, 6.07) is 8.12. The van der Waals surface area contributed by atoms with Crippen LogP contribution >= 0.6 is 0 Å². The number of carbonyl (C=O) groups excluding carboxylic acids is 2. The standard InChI is InChI=1S/C18H22N2O2/c1-13-3-2-4-15(9-13)20-12-18(10-16(20)21)7-8-19(11-18)17(22)14-5-6-14/h2-4,9,14H,5-8,10-12H2,1H3/t18-/m1/s1. The van der Waals surface area contributed by atoms with E-state index in [0.717, 1.165) is 44.6 Å². The molecule has 2 amide bonds. The molecule has 1 saturated carbocycles. The largest absolute Gasteiger partial charge is 0.342 e. The van der Waals surface area contributed by atoms with Gasteiger partial charge >= 0.3 is 0 Å². The third kappa shape index (κ3) is 2.31. The van der Waals surface area contributed by atoms with Gasteiger partial charge in [-0.25, -0.2) is 0 Å². The summed E-state index contributed by atoms with van der Waals surface area (Å²) in [6.07, 6.45) is 3.64. The fourth-order valence-corrected chi connectivity index (χ4v) is 3.91. The highest BCUT2D eigenvalue weighted by Crippen LogP contribution is 2.43. The molecule has 0 N–H and O–H groups in total. The highest BCUT2D eigenvalue weighted by Gasteiger charge is 2.50. The summed E-state index contributed by atoms with van der Waals surface area (Å²) < 4.78 is 0. The first-order valence-electron chi connectivity index (χ1n) is 8.22. The van der Waals surface area contributed by atoms with Crippen LogP contribution in [0, 0.1) is 18.3 Å². The zero-order chi connectivity index (χ0) is 15.3. The molecule has 1 aliphatic carbocycles. The zero-order valence-electron chi connectivity index (χ0n) is 13.0. The molecule has 4 heteroatoms. The van der Waals surface area contributed by atoms with Gasteiger partial charge in [-0.2, -0.15) is 0 Å². The van der Waals surface area contributed by atoms with Crippen molar-refractivity contribution in [3.05, 3.63) is 29.8 Å². The molecule has 2 saturated heterocycles. The monoisotopic (exact) mass is 298 g/mol. The molecule has 116 valence electrons. The Kier molecular flexibility index (Phi) is 3.03. The third-order valence-corrected chi connectivity index (χ3v) is 5.31. The minimum Gasteiger partial charge on any atom is -0.342 e. The third-order valence-electron chi connectivity index (χ3n) is 5.31. The molecule has 3 fully saturated rings. The number of nitrogens with zero attached hydrogens (tertiary/aromatic N) is 2. The number of carbonyl (C=O) groups is 2. The van der Waals surface area contributed by atoms with Crippen molar-refractivity contribution in [2.24, 2.45) is 11.3 Å². The first-order valence-corrected chi connectivity index (χ1v) is 8.22. The quantitative estimate of drug-likeness (QED) is 0.841. The summed E-state index contributed by atoms with van der Waals surface area (Å²) in [7, 11) is 0. The minimum atomic E-state index is -0.0224. The first kappa shape index (κ1) is 13.8.